The summed E-state index contributed by atoms with van der Waals surface area (Å²) in [5, 5.41) is 2.78. The molecule has 0 spiro atoms. The maximum absolute atomic E-state index is 12.4. The second kappa shape index (κ2) is 10.1. The van der Waals surface area contributed by atoms with Crippen molar-refractivity contribution < 1.29 is 28.6 Å². The van der Waals surface area contributed by atoms with Gasteiger partial charge < -0.3 is 19.5 Å². The van der Waals surface area contributed by atoms with Gasteiger partial charge in [0.25, 0.3) is 5.91 Å². The summed E-state index contributed by atoms with van der Waals surface area (Å²) >= 11 is 0. The Morgan fingerprint density at radius 2 is 1.71 bits per heavy atom. The van der Waals surface area contributed by atoms with E-state index >= 15 is 0 Å². The zero-order valence-corrected chi connectivity index (χ0v) is 16.1. The van der Waals surface area contributed by atoms with E-state index < -0.39 is 17.9 Å². The third-order valence-electron chi connectivity index (χ3n) is 4.06. The largest absolute Gasteiger partial charge is 0.493 e. The minimum absolute atomic E-state index is 0.00286. The van der Waals surface area contributed by atoms with Gasteiger partial charge in [-0.25, -0.2) is 0 Å². The van der Waals surface area contributed by atoms with Crippen LogP contribution in [0.5, 0.6) is 11.5 Å². The average molecular weight is 385 g/mol. The molecule has 2 rings (SSSR count). The number of ether oxygens (including phenoxy) is 3. The summed E-state index contributed by atoms with van der Waals surface area (Å²) in [5.74, 6) is -0.246. The molecule has 0 aromatic heterocycles. The quantitative estimate of drug-likeness (QED) is 0.527. The smallest absolute Gasteiger partial charge is 0.307 e. The highest BCUT2D eigenvalue weighted by molar-refractivity contribution is 5.94. The van der Waals surface area contributed by atoms with Crippen LogP contribution >= 0.6 is 0 Å². The molecule has 1 N–H and O–H groups in total. The van der Waals surface area contributed by atoms with Gasteiger partial charge >= 0.3 is 5.97 Å². The highest BCUT2D eigenvalue weighted by Gasteiger charge is 2.19. The van der Waals surface area contributed by atoms with Crippen LogP contribution in [0.15, 0.2) is 48.5 Å². The second-order valence-corrected chi connectivity index (χ2v) is 6.02. The van der Waals surface area contributed by atoms with Crippen LogP contribution in [-0.2, 0) is 14.3 Å². The van der Waals surface area contributed by atoms with Crippen LogP contribution in [0.3, 0.4) is 0 Å². The average Bonchev–Trinajstić information content (AvgIpc) is 2.71. The molecule has 148 valence electrons. The topological polar surface area (TPSA) is 90.9 Å². The number of Topliss-reactive ketones (excluding diaryl/α,β-unsaturated/α-hetero) is 1. The van der Waals surface area contributed by atoms with E-state index in [2.05, 4.69) is 5.32 Å². The molecule has 1 atom stereocenters. The molecule has 0 saturated heterocycles. The third-order valence-corrected chi connectivity index (χ3v) is 4.06. The molecular formula is C21H23NO6. The van der Waals surface area contributed by atoms with Crippen LogP contribution in [-0.4, -0.2) is 38.5 Å². The minimum Gasteiger partial charge on any atom is -0.493 e. The number of amides is 1. The summed E-state index contributed by atoms with van der Waals surface area (Å²) in [6.45, 7) is 1.17. The van der Waals surface area contributed by atoms with Gasteiger partial charge in [0, 0.05) is 5.56 Å². The molecule has 1 amide bonds. The van der Waals surface area contributed by atoms with Crippen molar-refractivity contribution in [2.24, 2.45) is 0 Å². The molecule has 2 aromatic rings. The van der Waals surface area contributed by atoms with E-state index in [4.69, 9.17) is 14.2 Å². The van der Waals surface area contributed by atoms with Crippen molar-refractivity contribution >= 4 is 17.7 Å². The molecular weight excluding hydrogens is 362 g/mol. The number of carbonyl (C=O) groups excluding carboxylic acids is 3. The van der Waals surface area contributed by atoms with Crippen molar-refractivity contribution in [1.29, 1.82) is 0 Å². The fourth-order valence-electron chi connectivity index (χ4n) is 2.57. The van der Waals surface area contributed by atoms with E-state index in [1.807, 2.05) is 30.3 Å². The highest BCUT2D eigenvalue weighted by Crippen LogP contribution is 2.28. The molecule has 0 saturated carbocycles. The molecule has 0 heterocycles. The minimum atomic E-state index is -0.535. The summed E-state index contributed by atoms with van der Waals surface area (Å²) in [6.07, 6.45) is 0.00286. The van der Waals surface area contributed by atoms with Crippen molar-refractivity contribution in [3.8, 4) is 11.5 Å². The summed E-state index contributed by atoms with van der Waals surface area (Å²) in [6, 6.07) is 13.3. The molecule has 7 nitrogen and oxygen atoms in total. The van der Waals surface area contributed by atoms with Crippen LogP contribution in [0.25, 0.3) is 0 Å². The van der Waals surface area contributed by atoms with Gasteiger partial charge in [-0.1, -0.05) is 30.3 Å². The Labute approximate surface area is 163 Å². The monoisotopic (exact) mass is 385 g/mol. The summed E-state index contributed by atoms with van der Waals surface area (Å²) < 4.78 is 15.5. The van der Waals surface area contributed by atoms with Gasteiger partial charge in [0.15, 0.2) is 23.9 Å². The maximum atomic E-state index is 12.4. The molecule has 0 radical (unpaired) electrons. The van der Waals surface area contributed by atoms with E-state index in [0.29, 0.717) is 17.1 Å². The Kier molecular flexibility index (Phi) is 7.56. The highest BCUT2D eigenvalue weighted by atomic mass is 16.5. The molecule has 0 aliphatic rings. The first-order valence-electron chi connectivity index (χ1n) is 8.67. The second-order valence-electron chi connectivity index (χ2n) is 6.02. The normalized spacial score (nSPS) is 11.2. The van der Waals surface area contributed by atoms with Crippen molar-refractivity contribution in [2.45, 2.75) is 19.4 Å². The van der Waals surface area contributed by atoms with Crippen LogP contribution in [0.1, 0.15) is 35.3 Å². The number of esters is 1. The first kappa shape index (κ1) is 21.0. The first-order chi connectivity index (χ1) is 13.4. The SMILES string of the molecule is COC(=O)CC(NC(=O)COc1ccc(C(C)=O)cc1OC)c1ccccc1. The molecule has 0 fully saturated rings. The van der Waals surface area contributed by atoms with Crippen molar-refractivity contribution in [3.63, 3.8) is 0 Å². The van der Waals surface area contributed by atoms with E-state index in [1.54, 1.807) is 18.2 Å². The number of methoxy groups -OCH3 is 2. The third kappa shape index (κ3) is 5.84. The number of benzene rings is 2. The molecule has 0 aliphatic heterocycles. The van der Waals surface area contributed by atoms with Crippen LogP contribution in [0.2, 0.25) is 0 Å². The van der Waals surface area contributed by atoms with Crippen LogP contribution in [0.4, 0.5) is 0 Å². The Morgan fingerprint density at radius 3 is 2.32 bits per heavy atom. The van der Waals surface area contributed by atoms with Gasteiger partial charge in [-0.2, -0.15) is 0 Å². The van der Waals surface area contributed by atoms with E-state index in [1.165, 1.54) is 21.1 Å². The van der Waals surface area contributed by atoms with Crippen molar-refractivity contribution in [2.75, 3.05) is 20.8 Å². The number of nitrogens with one attached hydrogen (secondary N) is 1. The molecule has 7 heteroatoms. The van der Waals surface area contributed by atoms with E-state index in [0.717, 1.165) is 5.56 Å². The van der Waals surface area contributed by atoms with Gasteiger partial charge in [-0.15, -0.1) is 0 Å². The fourth-order valence-corrected chi connectivity index (χ4v) is 2.57. The Bertz CT molecular complexity index is 834. The first-order valence-corrected chi connectivity index (χ1v) is 8.67. The number of hydrogen-bond acceptors (Lipinski definition) is 6. The van der Waals surface area contributed by atoms with Crippen molar-refractivity contribution in [1.82, 2.24) is 5.32 Å². The number of ketones is 1. The summed E-state index contributed by atoms with van der Waals surface area (Å²) in [7, 11) is 2.75. The maximum Gasteiger partial charge on any atom is 0.307 e. The molecule has 0 aliphatic carbocycles. The van der Waals surface area contributed by atoms with Gasteiger partial charge in [0.1, 0.15) is 0 Å². The van der Waals surface area contributed by atoms with Gasteiger partial charge in [-0.3, -0.25) is 14.4 Å². The zero-order chi connectivity index (χ0) is 20.5. The zero-order valence-electron chi connectivity index (χ0n) is 16.1. The lowest BCUT2D eigenvalue weighted by atomic mass is 10.0. The van der Waals surface area contributed by atoms with Crippen molar-refractivity contribution in [3.05, 3.63) is 59.7 Å². The molecule has 0 bridgehead atoms. The lowest BCUT2D eigenvalue weighted by molar-refractivity contribution is -0.141. The number of rotatable bonds is 9. The lowest BCUT2D eigenvalue weighted by Gasteiger charge is -2.19. The van der Waals surface area contributed by atoms with E-state index in [-0.39, 0.29) is 18.8 Å². The Balaban J connectivity index is 2.05. The fraction of sp³-hybridized carbons (Fsp3) is 0.286. The standard InChI is InChI=1S/C21H23NO6/c1-14(23)16-9-10-18(19(11-16)26-2)28-13-20(24)22-17(12-21(25)27-3)15-7-5-4-6-8-15/h4-11,17H,12-13H2,1-3H3,(H,22,24). The molecule has 2 aromatic carbocycles. The van der Waals surface area contributed by atoms with Crippen LogP contribution in [0, 0.1) is 0 Å². The predicted molar refractivity (Wildman–Crippen MR) is 102 cm³/mol. The number of carbonyl (C=O) groups is 3. The van der Waals surface area contributed by atoms with Gasteiger partial charge in [-0.05, 0) is 30.7 Å². The van der Waals surface area contributed by atoms with Gasteiger partial charge in [0.05, 0.1) is 26.7 Å². The van der Waals surface area contributed by atoms with Gasteiger partial charge in [0.2, 0.25) is 0 Å². The predicted octanol–water partition coefficient (Wildman–Crippen LogP) is 2.70. The molecule has 28 heavy (non-hydrogen) atoms. The Morgan fingerprint density at radius 1 is 1.00 bits per heavy atom. The summed E-state index contributed by atoms with van der Waals surface area (Å²) in [5.41, 5.74) is 1.26. The van der Waals surface area contributed by atoms with E-state index in [9.17, 15) is 14.4 Å². The van der Waals surface area contributed by atoms with Crippen LogP contribution < -0.4 is 14.8 Å². The Hall–Kier alpha value is -3.35. The lowest BCUT2D eigenvalue weighted by Crippen LogP contribution is -2.34. The summed E-state index contributed by atoms with van der Waals surface area (Å²) in [4.78, 5) is 35.5. The molecule has 1 unspecified atom stereocenters. The number of hydrogen-bond donors (Lipinski definition) is 1.